The maximum atomic E-state index is 11.8. The molecule has 0 spiro atoms. The predicted molar refractivity (Wildman–Crippen MR) is 73.4 cm³/mol. The molecule has 1 saturated heterocycles. The lowest BCUT2D eigenvalue weighted by Gasteiger charge is -2.26. The van der Waals surface area contributed by atoms with E-state index < -0.39 is 0 Å². The number of rotatable bonds is 5. The summed E-state index contributed by atoms with van der Waals surface area (Å²) in [5, 5.41) is 5.85. The molecule has 19 heavy (non-hydrogen) atoms. The zero-order chi connectivity index (χ0) is 13.5. The lowest BCUT2D eigenvalue weighted by Crippen LogP contribution is -2.41. The molecule has 2 heterocycles. The molecule has 0 saturated carbocycles. The van der Waals surface area contributed by atoms with Gasteiger partial charge in [0, 0.05) is 33.2 Å². The molecule has 1 aliphatic rings. The van der Waals surface area contributed by atoms with Crippen molar-refractivity contribution in [3.05, 3.63) is 24.0 Å². The molecular weight excluding hydrogens is 244 g/mol. The molecule has 2 N–H and O–H groups in total. The van der Waals surface area contributed by atoms with E-state index in [0.29, 0.717) is 12.2 Å². The number of amides is 1. The monoisotopic (exact) mass is 264 g/mol. The second-order valence-electron chi connectivity index (χ2n) is 4.39. The van der Waals surface area contributed by atoms with E-state index in [-0.39, 0.29) is 5.91 Å². The zero-order valence-electron chi connectivity index (χ0n) is 11.2. The van der Waals surface area contributed by atoms with Crippen molar-refractivity contribution in [2.75, 3.05) is 51.8 Å². The van der Waals surface area contributed by atoms with E-state index in [0.717, 1.165) is 38.5 Å². The highest BCUT2D eigenvalue weighted by atomic mass is 16.5. The summed E-state index contributed by atoms with van der Waals surface area (Å²) in [5.41, 5.74) is 1.34. The second kappa shape index (κ2) is 7.06. The number of hydrogen-bond donors (Lipinski definition) is 2. The standard InChI is InChI=1S/C13H20N4O2/c1-14-11-2-3-12(16-10-11)13(18)15-4-5-17-6-8-19-9-7-17/h2-3,10,14H,4-9H2,1H3,(H,15,18). The third-order valence-electron chi connectivity index (χ3n) is 3.10. The Hall–Kier alpha value is -1.66. The first kappa shape index (κ1) is 13.8. The van der Waals surface area contributed by atoms with Crippen molar-refractivity contribution in [2.24, 2.45) is 0 Å². The van der Waals surface area contributed by atoms with Crippen molar-refractivity contribution in [3.63, 3.8) is 0 Å². The van der Waals surface area contributed by atoms with Crippen LogP contribution < -0.4 is 10.6 Å². The van der Waals surface area contributed by atoms with Crippen LogP contribution in [0.2, 0.25) is 0 Å². The number of pyridine rings is 1. The number of nitrogens with one attached hydrogen (secondary N) is 2. The fourth-order valence-corrected chi connectivity index (χ4v) is 1.92. The van der Waals surface area contributed by atoms with Crippen LogP contribution in [0.4, 0.5) is 5.69 Å². The largest absolute Gasteiger partial charge is 0.387 e. The summed E-state index contributed by atoms with van der Waals surface area (Å²) >= 11 is 0. The van der Waals surface area contributed by atoms with Crippen LogP contribution in [0.15, 0.2) is 18.3 Å². The number of hydrogen-bond acceptors (Lipinski definition) is 5. The van der Waals surface area contributed by atoms with Crippen LogP contribution in [0.3, 0.4) is 0 Å². The zero-order valence-corrected chi connectivity index (χ0v) is 11.2. The van der Waals surface area contributed by atoms with Gasteiger partial charge in [-0.2, -0.15) is 0 Å². The molecule has 2 rings (SSSR count). The van der Waals surface area contributed by atoms with Gasteiger partial charge in [-0.05, 0) is 12.1 Å². The molecule has 1 aromatic heterocycles. The molecule has 0 bridgehead atoms. The number of carbonyl (C=O) groups excluding carboxylic acids is 1. The first-order valence-corrected chi connectivity index (χ1v) is 6.51. The van der Waals surface area contributed by atoms with Crippen molar-refractivity contribution >= 4 is 11.6 Å². The average molecular weight is 264 g/mol. The van der Waals surface area contributed by atoms with Crippen molar-refractivity contribution in [2.45, 2.75) is 0 Å². The third-order valence-corrected chi connectivity index (χ3v) is 3.10. The molecule has 6 nitrogen and oxygen atoms in total. The van der Waals surface area contributed by atoms with Gasteiger partial charge in [-0.25, -0.2) is 4.98 Å². The highest BCUT2D eigenvalue weighted by Crippen LogP contribution is 2.04. The summed E-state index contributed by atoms with van der Waals surface area (Å²) in [5.74, 6) is -0.129. The molecule has 6 heteroatoms. The normalized spacial score (nSPS) is 16.1. The van der Waals surface area contributed by atoms with Gasteiger partial charge in [0.2, 0.25) is 0 Å². The maximum absolute atomic E-state index is 11.8. The lowest BCUT2D eigenvalue weighted by atomic mass is 10.3. The molecule has 1 aromatic rings. The van der Waals surface area contributed by atoms with Gasteiger partial charge >= 0.3 is 0 Å². The van der Waals surface area contributed by atoms with E-state index in [1.807, 2.05) is 13.1 Å². The first-order valence-electron chi connectivity index (χ1n) is 6.51. The van der Waals surface area contributed by atoms with Gasteiger partial charge in [0.1, 0.15) is 5.69 Å². The van der Waals surface area contributed by atoms with Crippen molar-refractivity contribution < 1.29 is 9.53 Å². The fraction of sp³-hybridized carbons (Fsp3) is 0.538. The van der Waals surface area contributed by atoms with Crippen LogP contribution in [0, 0.1) is 0 Å². The molecule has 104 valence electrons. The average Bonchev–Trinajstić information content (AvgIpc) is 2.48. The van der Waals surface area contributed by atoms with Crippen molar-refractivity contribution in [1.29, 1.82) is 0 Å². The second-order valence-corrected chi connectivity index (χ2v) is 4.39. The summed E-state index contributed by atoms with van der Waals surface area (Å²) in [4.78, 5) is 18.2. The minimum absolute atomic E-state index is 0.129. The number of morpholine rings is 1. The Balaban J connectivity index is 1.73. The van der Waals surface area contributed by atoms with Gasteiger partial charge in [0.15, 0.2) is 0 Å². The fourth-order valence-electron chi connectivity index (χ4n) is 1.92. The van der Waals surface area contributed by atoms with E-state index in [9.17, 15) is 4.79 Å². The van der Waals surface area contributed by atoms with Crippen LogP contribution in [0.25, 0.3) is 0 Å². The van der Waals surface area contributed by atoms with Gasteiger partial charge in [-0.15, -0.1) is 0 Å². The van der Waals surface area contributed by atoms with E-state index >= 15 is 0 Å². The Labute approximate surface area is 113 Å². The quantitative estimate of drug-likeness (QED) is 0.794. The molecule has 1 amide bonds. The van der Waals surface area contributed by atoms with Gasteiger partial charge in [0.05, 0.1) is 25.1 Å². The Morgan fingerprint density at radius 2 is 2.21 bits per heavy atom. The first-order chi connectivity index (χ1) is 9.29. The molecule has 1 aliphatic heterocycles. The Morgan fingerprint density at radius 3 is 2.84 bits per heavy atom. The summed E-state index contributed by atoms with van der Waals surface area (Å²) in [6.45, 7) is 4.91. The minimum atomic E-state index is -0.129. The molecule has 0 aliphatic carbocycles. The van der Waals surface area contributed by atoms with Crippen LogP contribution in [-0.2, 0) is 4.74 Å². The van der Waals surface area contributed by atoms with Crippen LogP contribution in [-0.4, -0.2) is 62.2 Å². The minimum Gasteiger partial charge on any atom is -0.387 e. The number of ether oxygens (including phenoxy) is 1. The van der Waals surface area contributed by atoms with Crippen LogP contribution in [0.5, 0.6) is 0 Å². The number of nitrogens with zero attached hydrogens (tertiary/aromatic N) is 2. The van der Waals surface area contributed by atoms with Gasteiger partial charge in [0.25, 0.3) is 5.91 Å². The van der Waals surface area contributed by atoms with Gasteiger partial charge < -0.3 is 15.4 Å². The third kappa shape index (κ3) is 4.18. The summed E-state index contributed by atoms with van der Waals surface area (Å²) < 4.78 is 5.27. The Bertz CT molecular complexity index is 402. The van der Waals surface area contributed by atoms with E-state index in [1.54, 1.807) is 12.3 Å². The van der Waals surface area contributed by atoms with E-state index in [4.69, 9.17) is 4.74 Å². The molecule has 0 atom stereocenters. The Morgan fingerprint density at radius 1 is 1.42 bits per heavy atom. The van der Waals surface area contributed by atoms with E-state index in [2.05, 4.69) is 20.5 Å². The molecule has 0 radical (unpaired) electrons. The summed E-state index contributed by atoms with van der Waals surface area (Å²) in [7, 11) is 1.82. The lowest BCUT2D eigenvalue weighted by molar-refractivity contribution is 0.0383. The van der Waals surface area contributed by atoms with Crippen molar-refractivity contribution in [3.8, 4) is 0 Å². The molecular formula is C13H20N4O2. The molecule has 0 unspecified atom stereocenters. The topological polar surface area (TPSA) is 66.5 Å². The molecule has 1 fully saturated rings. The number of anilines is 1. The van der Waals surface area contributed by atoms with Crippen molar-refractivity contribution in [1.82, 2.24) is 15.2 Å². The van der Waals surface area contributed by atoms with Crippen LogP contribution in [0.1, 0.15) is 10.5 Å². The van der Waals surface area contributed by atoms with E-state index in [1.165, 1.54) is 0 Å². The smallest absolute Gasteiger partial charge is 0.269 e. The maximum Gasteiger partial charge on any atom is 0.269 e. The predicted octanol–water partition coefficient (Wildman–Crippen LogP) is 0.185. The number of carbonyl (C=O) groups is 1. The summed E-state index contributed by atoms with van der Waals surface area (Å²) in [6, 6.07) is 3.56. The number of aromatic nitrogens is 1. The highest BCUT2D eigenvalue weighted by Gasteiger charge is 2.11. The summed E-state index contributed by atoms with van der Waals surface area (Å²) in [6.07, 6.45) is 1.65. The Kier molecular flexibility index (Phi) is 5.11. The molecule has 0 aromatic carbocycles. The highest BCUT2D eigenvalue weighted by molar-refractivity contribution is 5.92. The van der Waals surface area contributed by atoms with Crippen LogP contribution >= 0.6 is 0 Å². The van der Waals surface area contributed by atoms with Gasteiger partial charge in [-0.1, -0.05) is 0 Å². The SMILES string of the molecule is CNc1ccc(C(=O)NCCN2CCOCC2)nc1. The van der Waals surface area contributed by atoms with Gasteiger partial charge in [-0.3, -0.25) is 9.69 Å².